The molecule has 0 radical (unpaired) electrons. The summed E-state index contributed by atoms with van der Waals surface area (Å²) in [7, 11) is 0. The van der Waals surface area contributed by atoms with Gasteiger partial charge in [0.05, 0.1) is 24.9 Å². The minimum Gasteiger partial charge on any atom is -0.464 e. The highest BCUT2D eigenvalue weighted by molar-refractivity contribution is 7.18. The lowest BCUT2D eigenvalue weighted by molar-refractivity contribution is -0.159. The van der Waals surface area contributed by atoms with E-state index >= 15 is 0 Å². The highest BCUT2D eigenvalue weighted by Gasteiger charge is 2.31. The summed E-state index contributed by atoms with van der Waals surface area (Å²) in [6.45, 7) is 3.41. The molecule has 2 aromatic heterocycles. The van der Waals surface area contributed by atoms with Gasteiger partial charge in [0.1, 0.15) is 4.83 Å². The third-order valence-corrected chi connectivity index (χ3v) is 6.07. The fourth-order valence-electron chi connectivity index (χ4n) is 3.46. The molecule has 0 atom stereocenters. The summed E-state index contributed by atoms with van der Waals surface area (Å²) >= 11 is 1.56. The number of nitrogens with zero attached hydrogens (tertiary/aromatic N) is 2. The number of rotatable bonds is 8. The number of carbonyl (C=O) groups is 3. The summed E-state index contributed by atoms with van der Waals surface area (Å²) < 4.78 is 11.1. The number of esters is 2. The minimum absolute atomic E-state index is 0.0661. The van der Waals surface area contributed by atoms with Gasteiger partial charge in [-0.2, -0.15) is 0 Å². The molecule has 0 aliphatic heterocycles. The summed E-state index contributed by atoms with van der Waals surface area (Å²) in [5, 5.41) is 2.98. The SMILES string of the molecule is CCOC(=O)C(NC(=O)CCn1cnc2sc3c(c2c1=O)CCCC3)C(=O)OCC. The van der Waals surface area contributed by atoms with Crippen LogP contribution in [0.25, 0.3) is 10.2 Å². The summed E-state index contributed by atoms with van der Waals surface area (Å²) in [5.41, 5.74) is 0.918. The Morgan fingerprint density at radius 2 is 1.83 bits per heavy atom. The van der Waals surface area contributed by atoms with E-state index in [2.05, 4.69) is 10.3 Å². The first kappa shape index (κ1) is 21.9. The van der Waals surface area contributed by atoms with E-state index in [9.17, 15) is 19.2 Å². The zero-order valence-corrected chi connectivity index (χ0v) is 17.9. The number of aromatic nitrogens is 2. The molecular weight excluding hydrogens is 410 g/mol. The van der Waals surface area contributed by atoms with E-state index in [0.29, 0.717) is 5.39 Å². The normalized spacial score (nSPS) is 13.2. The van der Waals surface area contributed by atoms with Gasteiger partial charge in [-0.1, -0.05) is 0 Å². The van der Waals surface area contributed by atoms with Crippen LogP contribution in [-0.4, -0.2) is 46.7 Å². The Labute approximate surface area is 177 Å². The highest BCUT2D eigenvalue weighted by Crippen LogP contribution is 2.33. The van der Waals surface area contributed by atoms with Crippen LogP contribution in [0.4, 0.5) is 0 Å². The van der Waals surface area contributed by atoms with Gasteiger partial charge in [0.2, 0.25) is 11.9 Å². The summed E-state index contributed by atoms with van der Waals surface area (Å²) in [6, 6.07) is -1.53. The fourth-order valence-corrected chi connectivity index (χ4v) is 4.68. The monoisotopic (exact) mass is 435 g/mol. The molecule has 0 unspecified atom stereocenters. The molecular formula is C20H25N3O6S. The molecule has 2 aromatic rings. The quantitative estimate of drug-likeness (QED) is 0.491. The number of thiophene rings is 1. The number of hydrogen-bond acceptors (Lipinski definition) is 8. The van der Waals surface area contributed by atoms with Crippen molar-refractivity contribution in [3.63, 3.8) is 0 Å². The minimum atomic E-state index is -1.53. The zero-order chi connectivity index (χ0) is 21.7. The van der Waals surface area contributed by atoms with Gasteiger partial charge in [-0.15, -0.1) is 11.3 Å². The van der Waals surface area contributed by atoms with Crippen LogP contribution in [0.15, 0.2) is 11.1 Å². The van der Waals surface area contributed by atoms with Crippen LogP contribution in [0.1, 0.15) is 43.6 Å². The molecule has 10 heteroatoms. The van der Waals surface area contributed by atoms with Crippen molar-refractivity contribution in [2.24, 2.45) is 0 Å². The molecule has 0 bridgehead atoms. The predicted octanol–water partition coefficient (Wildman–Crippen LogP) is 1.34. The lowest BCUT2D eigenvalue weighted by Crippen LogP contribution is -2.48. The summed E-state index contributed by atoms with van der Waals surface area (Å²) in [6.07, 6.45) is 5.36. The van der Waals surface area contributed by atoms with Gasteiger partial charge in [0, 0.05) is 17.8 Å². The number of hydrogen-bond donors (Lipinski definition) is 1. The van der Waals surface area contributed by atoms with Gasteiger partial charge in [-0.3, -0.25) is 14.2 Å². The van der Waals surface area contributed by atoms with Crippen LogP contribution in [-0.2, 0) is 43.2 Å². The Morgan fingerprint density at radius 1 is 1.17 bits per heavy atom. The molecule has 0 saturated heterocycles. The lowest BCUT2D eigenvalue weighted by Gasteiger charge is -2.16. The van der Waals surface area contributed by atoms with Crippen molar-refractivity contribution in [3.05, 3.63) is 27.1 Å². The van der Waals surface area contributed by atoms with E-state index in [1.165, 1.54) is 15.8 Å². The van der Waals surface area contributed by atoms with E-state index in [0.717, 1.165) is 36.1 Å². The summed E-state index contributed by atoms with van der Waals surface area (Å²) in [4.78, 5) is 55.6. The van der Waals surface area contributed by atoms with Crippen molar-refractivity contribution in [1.29, 1.82) is 0 Å². The largest absolute Gasteiger partial charge is 0.464 e. The third kappa shape index (κ3) is 4.69. The molecule has 0 aromatic carbocycles. The Bertz CT molecular complexity index is 994. The standard InChI is InChI=1S/C20H25N3O6S/c1-3-28-19(26)16(20(27)29-4-2)22-14(24)9-10-23-11-21-17-15(18(23)25)12-7-5-6-8-13(12)30-17/h11,16H,3-10H2,1-2H3,(H,22,24). The molecule has 0 saturated carbocycles. The Morgan fingerprint density at radius 3 is 2.50 bits per heavy atom. The zero-order valence-electron chi connectivity index (χ0n) is 17.1. The Hall–Kier alpha value is -2.75. The molecule has 30 heavy (non-hydrogen) atoms. The summed E-state index contributed by atoms with van der Waals surface area (Å²) in [5.74, 6) is -2.33. The van der Waals surface area contributed by atoms with Crippen molar-refractivity contribution >= 4 is 39.4 Å². The maximum absolute atomic E-state index is 12.9. The Kier molecular flexibility index (Phi) is 7.20. The number of amides is 1. The smallest absolute Gasteiger partial charge is 0.340 e. The van der Waals surface area contributed by atoms with E-state index in [4.69, 9.17) is 9.47 Å². The second-order valence-corrected chi connectivity index (χ2v) is 7.97. The van der Waals surface area contributed by atoms with Gasteiger partial charge < -0.3 is 14.8 Å². The molecule has 0 spiro atoms. The average molecular weight is 436 g/mol. The Balaban J connectivity index is 1.71. The van der Waals surface area contributed by atoms with Crippen molar-refractivity contribution in [1.82, 2.24) is 14.9 Å². The van der Waals surface area contributed by atoms with Crippen LogP contribution in [0, 0.1) is 0 Å². The fraction of sp³-hybridized carbons (Fsp3) is 0.550. The first-order valence-corrected chi connectivity index (χ1v) is 10.9. The lowest BCUT2D eigenvalue weighted by atomic mass is 9.97. The average Bonchev–Trinajstić information content (AvgIpc) is 3.11. The van der Waals surface area contributed by atoms with Gasteiger partial charge in [-0.25, -0.2) is 14.6 Å². The molecule has 1 aliphatic rings. The topological polar surface area (TPSA) is 117 Å². The second-order valence-electron chi connectivity index (χ2n) is 6.89. The second kappa shape index (κ2) is 9.84. The number of carbonyl (C=O) groups excluding carboxylic acids is 3. The highest BCUT2D eigenvalue weighted by atomic mass is 32.1. The maximum Gasteiger partial charge on any atom is 0.340 e. The molecule has 0 fully saturated rings. The third-order valence-electron chi connectivity index (χ3n) is 4.87. The molecule has 3 rings (SSSR count). The van der Waals surface area contributed by atoms with Crippen molar-refractivity contribution in [3.8, 4) is 0 Å². The molecule has 1 amide bonds. The van der Waals surface area contributed by atoms with E-state index in [1.807, 2.05) is 0 Å². The van der Waals surface area contributed by atoms with E-state index in [1.54, 1.807) is 25.2 Å². The first-order chi connectivity index (χ1) is 14.5. The molecule has 9 nitrogen and oxygen atoms in total. The van der Waals surface area contributed by atoms with Gasteiger partial charge >= 0.3 is 11.9 Å². The molecule has 1 aliphatic carbocycles. The number of fused-ring (bicyclic) bond motifs is 3. The van der Waals surface area contributed by atoms with Gasteiger partial charge in [-0.05, 0) is 45.1 Å². The van der Waals surface area contributed by atoms with Crippen LogP contribution >= 0.6 is 11.3 Å². The van der Waals surface area contributed by atoms with Gasteiger partial charge in [0.25, 0.3) is 5.56 Å². The van der Waals surface area contributed by atoms with Crippen molar-refractivity contribution < 1.29 is 23.9 Å². The molecule has 1 N–H and O–H groups in total. The van der Waals surface area contributed by atoms with E-state index < -0.39 is 23.9 Å². The van der Waals surface area contributed by atoms with Crippen LogP contribution in [0.2, 0.25) is 0 Å². The predicted molar refractivity (Wildman–Crippen MR) is 110 cm³/mol. The molecule has 162 valence electrons. The van der Waals surface area contributed by atoms with Crippen LogP contribution in [0.5, 0.6) is 0 Å². The maximum atomic E-state index is 12.9. The number of aryl methyl sites for hydroxylation is 3. The van der Waals surface area contributed by atoms with Crippen LogP contribution in [0.3, 0.4) is 0 Å². The van der Waals surface area contributed by atoms with Crippen molar-refractivity contribution in [2.45, 2.75) is 58.5 Å². The molecule has 2 heterocycles. The number of ether oxygens (including phenoxy) is 2. The first-order valence-electron chi connectivity index (χ1n) is 10.1. The van der Waals surface area contributed by atoms with E-state index in [-0.39, 0.29) is 31.7 Å². The van der Waals surface area contributed by atoms with Gasteiger partial charge in [0.15, 0.2) is 0 Å². The van der Waals surface area contributed by atoms with Crippen molar-refractivity contribution in [2.75, 3.05) is 13.2 Å². The van der Waals surface area contributed by atoms with Crippen LogP contribution < -0.4 is 10.9 Å². The number of nitrogens with one attached hydrogen (secondary N) is 1.